The topological polar surface area (TPSA) is 102 Å². The molecule has 0 fully saturated rings. The van der Waals surface area contributed by atoms with E-state index in [9.17, 15) is 13.2 Å². The van der Waals surface area contributed by atoms with Gasteiger partial charge in [-0.3, -0.25) is 9.52 Å². The molecule has 0 aliphatic rings. The summed E-state index contributed by atoms with van der Waals surface area (Å²) >= 11 is 0. The SMILES string of the molecule is COc1ccc(NS(=O)(=O)c2ccc(NC(=O)CCn3ccnc3)cc2)cc1. The Hall–Kier alpha value is -3.33. The molecule has 2 N–H and O–H groups in total. The molecule has 2 aromatic carbocycles. The van der Waals surface area contributed by atoms with Crippen molar-refractivity contribution in [3.63, 3.8) is 0 Å². The quantitative estimate of drug-likeness (QED) is 0.605. The molecule has 28 heavy (non-hydrogen) atoms. The number of hydrogen-bond donors (Lipinski definition) is 2. The van der Waals surface area contributed by atoms with Crippen molar-refractivity contribution in [2.75, 3.05) is 17.1 Å². The zero-order valence-corrected chi connectivity index (χ0v) is 16.0. The van der Waals surface area contributed by atoms with Gasteiger partial charge in [0.1, 0.15) is 5.75 Å². The van der Waals surface area contributed by atoms with E-state index in [2.05, 4.69) is 15.0 Å². The molecule has 3 aromatic rings. The summed E-state index contributed by atoms with van der Waals surface area (Å²) in [7, 11) is -2.19. The van der Waals surface area contributed by atoms with Crippen LogP contribution in [0.5, 0.6) is 5.75 Å². The van der Waals surface area contributed by atoms with Crippen molar-refractivity contribution in [1.82, 2.24) is 9.55 Å². The first-order valence-corrected chi connectivity index (χ1v) is 9.97. The molecule has 0 saturated heterocycles. The number of nitrogens with zero attached hydrogens (tertiary/aromatic N) is 2. The molecule has 0 aliphatic carbocycles. The molecule has 1 amide bonds. The lowest BCUT2D eigenvalue weighted by molar-refractivity contribution is -0.116. The van der Waals surface area contributed by atoms with Crippen molar-refractivity contribution in [2.24, 2.45) is 0 Å². The minimum Gasteiger partial charge on any atom is -0.497 e. The van der Waals surface area contributed by atoms with Gasteiger partial charge in [-0.25, -0.2) is 13.4 Å². The molecule has 0 saturated carbocycles. The van der Waals surface area contributed by atoms with E-state index in [0.717, 1.165) is 0 Å². The van der Waals surface area contributed by atoms with Crippen molar-refractivity contribution >= 4 is 27.3 Å². The number of imidazole rings is 1. The molecule has 8 nitrogen and oxygen atoms in total. The molecule has 0 atom stereocenters. The van der Waals surface area contributed by atoms with Crippen LogP contribution in [0.3, 0.4) is 0 Å². The summed E-state index contributed by atoms with van der Waals surface area (Å²) in [5.74, 6) is 0.469. The second kappa shape index (κ2) is 8.57. The summed E-state index contributed by atoms with van der Waals surface area (Å²) in [6.07, 6.45) is 5.36. The third kappa shape index (κ3) is 5.10. The molecule has 0 unspecified atom stereocenters. The van der Waals surface area contributed by atoms with Gasteiger partial charge in [0.25, 0.3) is 10.0 Å². The van der Waals surface area contributed by atoms with Crippen molar-refractivity contribution in [2.45, 2.75) is 17.9 Å². The molecule has 3 rings (SSSR count). The number of rotatable bonds is 8. The molecule has 9 heteroatoms. The maximum absolute atomic E-state index is 12.5. The Kier molecular flexibility index (Phi) is 5.95. The van der Waals surface area contributed by atoms with Gasteiger partial charge >= 0.3 is 0 Å². The average molecular weight is 400 g/mol. The minimum absolute atomic E-state index is 0.0970. The first-order valence-electron chi connectivity index (χ1n) is 8.49. The summed E-state index contributed by atoms with van der Waals surface area (Å²) in [4.78, 5) is 16.0. The number of benzene rings is 2. The maximum Gasteiger partial charge on any atom is 0.261 e. The monoisotopic (exact) mass is 400 g/mol. The van der Waals surface area contributed by atoms with E-state index < -0.39 is 10.0 Å². The molecule has 0 spiro atoms. The van der Waals surface area contributed by atoms with Crippen molar-refractivity contribution in [1.29, 1.82) is 0 Å². The summed E-state index contributed by atoms with van der Waals surface area (Å²) < 4.78 is 34.3. The fourth-order valence-corrected chi connectivity index (χ4v) is 3.52. The third-order valence-corrected chi connectivity index (χ3v) is 5.34. The zero-order chi connectivity index (χ0) is 20.0. The van der Waals surface area contributed by atoms with E-state index in [-0.39, 0.29) is 17.2 Å². The summed E-state index contributed by atoms with van der Waals surface area (Å²) in [5.41, 5.74) is 0.955. The fourth-order valence-electron chi connectivity index (χ4n) is 2.46. The minimum atomic E-state index is -3.73. The number of methoxy groups -OCH3 is 1. The smallest absolute Gasteiger partial charge is 0.261 e. The van der Waals surface area contributed by atoms with Crippen LogP contribution >= 0.6 is 0 Å². The van der Waals surface area contributed by atoms with Crippen molar-refractivity contribution < 1.29 is 17.9 Å². The van der Waals surface area contributed by atoms with Gasteiger partial charge in [0, 0.05) is 36.7 Å². The molecule has 0 aliphatic heterocycles. The Labute approximate surface area is 163 Å². The predicted molar refractivity (Wildman–Crippen MR) is 106 cm³/mol. The summed E-state index contributed by atoms with van der Waals surface area (Å²) in [6.45, 7) is 0.518. The van der Waals surface area contributed by atoms with Crippen LogP contribution in [0, 0.1) is 0 Å². The highest BCUT2D eigenvalue weighted by molar-refractivity contribution is 7.92. The normalized spacial score (nSPS) is 11.0. The molecule has 0 radical (unpaired) electrons. The highest BCUT2D eigenvalue weighted by Crippen LogP contribution is 2.20. The van der Waals surface area contributed by atoms with Crippen LogP contribution in [0.15, 0.2) is 72.1 Å². The van der Waals surface area contributed by atoms with Crippen LogP contribution in [0.25, 0.3) is 0 Å². The maximum atomic E-state index is 12.5. The Bertz CT molecular complexity index is 1010. The van der Waals surface area contributed by atoms with Crippen LogP contribution in [-0.2, 0) is 21.4 Å². The van der Waals surface area contributed by atoms with E-state index in [1.54, 1.807) is 59.7 Å². The van der Waals surface area contributed by atoms with Crippen LogP contribution in [0.2, 0.25) is 0 Å². The van der Waals surface area contributed by atoms with E-state index in [1.807, 2.05) is 0 Å². The Morgan fingerprint density at radius 1 is 1.07 bits per heavy atom. The highest BCUT2D eigenvalue weighted by atomic mass is 32.2. The number of carbonyl (C=O) groups is 1. The van der Waals surface area contributed by atoms with Gasteiger partial charge in [-0.05, 0) is 48.5 Å². The van der Waals surface area contributed by atoms with E-state index in [0.29, 0.717) is 23.7 Å². The predicted octanol–water partition coefficient (Wildman–Crippen LogP) is 2.72. The third-order valence-electron chi connectivity index (χ3n) is 3.95. The standard InChI is InChI=1S/C19H20N4O4S/c1-27-17-6-2-16(3-7-17)22-28(25,26)18-8-4-15(5-9-18)21-19(24)10-12-23-13-11-20-14-23/h2-9,11,13-14,22H,10,12H2,1H3,(H,21,24). The van der Waals surface area contributed by atoms with Gasteiger partial charge in [-0.2, -0.15) is 0 Å². The van der Waals surface area contributed by atoms with Gasteiger partial charge in [-0.1, -0.05) is 0 Å². The molecule has 1 heterocycles. The lowest BCUT2D eigenvalue weighted by Gasteiger charge is -2.10. The molecular weight excluding hydrogens is 380 g/mol. The van der Waals surface area contributed by atoms with Crippen LogP contribution in [0.4, 0.5) is 11.4 Å². The first kappa shape index (κ1) is 19.4. The fraction of sp³-hybridized carbons (Fsp3) is 0.158. The summed E-state index contributed by atoms with van der Waals surface area (Å²) in [6, 6.07) is 12.6. The Morgan fingerprint density at radius 2 is 1.75 bits per heavy atom. The number of aryl methyl sites for hydroxylation is 1. The number of aromatic nitrogens is 2. The average Bonchev–Trinajstić information content (AvgIpc) is 3.21. The number of amides is 1. The largest absolute Gasteiger partial charge is 0.497 e. The highest BCUT2D eigenvalue weighted by Gasteiger charge is 2.14. The van der Waals surface area contributed by atoms with Gasteiger partial charge in [0.15, 0.2) is 0 Å². The molecule has 1 aromatic heterocycles. The van der Waals surface area contributed by atoms with Crippen molar-refractivity contribution in [3.05, 3.63) is 67.3 Å². The lowest BCUT2D eigenvalue weighted by atomic mass is 10.3. The molecule has 0 bridgehead atoms. The van der Waals surface area contributed by atoms with Gasteiger partial charge in [0.2, 0.25) is 5.91 Å². The zero-order valence-electron chi connectivity index (χ0n) is 15.2. The first-order chi connectivity index (χ1) is 13.5. The summed E-state index contributed by atoms with van der Waals surface area (Å²) in [5, 5.41) is 2.74. The van der Waals surface area contributed by atoms with E-state index in [4.69, 9.17) is 4.74 Å². The number of anilines is 2. The second-order valence-corrected chi connectivity index (χ2v) is 7.64. The Morgan fingerprint density at radius 3 is 2.36 bits per heavy atom. The van der Waals surface area contributed by atoms with Gasteiger partial charge in [0.05, 0.1) is 18.3 Å². The second-order valence-electron chi connectivity index (χ2n) is 5.96. The number of hydrogen-bond acceptors (Lipinski definition) is 5. The van der Waals surface area contributed by atoms with Crippen LogP contribution in [0.1, 0.15) is 6.42 Å². The van der Waals surface area contributed by atoms with Crippen LogP contribution in [-0.4, -0.2) is 31.0 Å². The van der Waals surface area contributed by atoms with E-state index in [1.165, 1.54) is 19.2 Å². The van der Waals surface area contributed by atoms with Crippen molar-refractivity contribution in [3.8, 4) is 5.75 Å². The Balaban J connectivity index is 1.59. The molecule has 146 valence electrons. The van der Waals surface area contributed by atoms with E-state index >= 15 is 0 Å². The van der Waals surface area contributed by atoms with Gasteiger partial charge < -0.3 is 14.6 Å². The van der Waals surface area contributed by atoms with Gasteiger partial charge in [-0.15, -0.1) is 0 Å². The number of nitrogens with one attached hydrogen (secondary N) is 2. The molecular formula is C19H20N4O4S. The number of sulfonamides is 1. The van der Waals surface area contributed by atoms with Crippen LogP contribution < -0.4 is 14.8 Å². The number of ether oxygens (including phenoxy) is 1. The number of carbonyl (C=O) groups excluding carboxylic acids is 1. The lowest BCUT2D eigenvalue weighted by Crippen LogP contribution is -2.15.